The van der Waals surface area contributed by atoms with Crippen molar-refractivity contribution in [3.05, 3.63) is 35.9 Å². The zero-order valence-corrected chi connectivity index (χ0v) is 17.5. The van der Waals surface area contributed by atoms with Gasteiger partial charge in [0.2, 0.25) is 0 Å². The van der Waals surface area contributed by atoms with Gasteiger partial charge in [-0.2, -0.15) is 0 Å². The number of alkyl carbamates (subject to hydrolysis) is 1. The standard InChI is InChI=1S/C24H41NO2/c1-2-3-4-5-6-7-8-9-10-11-12-13-14-18-21-27-24(26)25-22-23-19-16-15-17-20-23/h15-17,19-20H,2-14,18,21-22H2,1H3,(H,25,26). The molecule has 0 fully saturated rings. The number of benzene rings is 1. The molecule has 0 saturated carbocycles. The van der Waals surface area contributed by atoms with E-state index in [2.05, 4.69) is 12.2 Å². The van der Waals surface area contributed by atoms with E-state index in [0.29, 0.717) is 13.2 Å². The maximum Gasteiger partial charge on any atom is 0.407 e. The average Bonchev–Trinajstić information content (AvgIpc) is 2.70. The third kappa shape index (κ3) is 15.3. The lowest BCUT2D eigenvalue weighted by Gasteiger charge is -2.07. The van der Waals surface area contributed by atoms with Crippen molar-refractivity contribution < 1.29 is 9.53 Å². The van der Waals surface area contributed by atoms with Crippen molar-refractivity contribution in [1.82, 2.24) is 5.32 Å². The Morgan fingerprint density at radius 2 is 1.22 bits per heavy atom. The van der Waals surface area contributed by atoms with Gasteiger partial charge in [-0.15, -0.1) is 0 Å². The molecule has 0 heterocycles. The number of hydrogen-bond donors (Lipinski definition) is 1. The first-order valence-electron chi connectivity index (χ1n) is 11.3. The zero-order valence-electron chi connectivity index (χ0n) is 17.5. The van der Waals surface area contributed by atoms with E-state index in [1.807, 2.05) is 30.3 Å². The summed E-state index contributed by atoms with van der Waals surface area (Å²) in [5.41, 5.74) is 1.09. The van der Waals surface area contributed by atoms with Crippen molar-refractivity contribution in [2.45, 2.75) is 103 Å². The molecule has 1 aromatic rings. The Morgan fingerprint density at radius 1 is 0.741 bits per heavy atom. The summed E-state index contributed by atoms with van der Waals surface area (Å²) >= 11 is 0. The molecule has 0 atom stereocenters. The van der Waals surface area contributed by atoms with Crippen LogP contribution in [0.3, 0.4) is 0 Å². The van der Waals surface area contributed by atoms with E-state index in [1.165, 1.54) is 77.0 Å². The molecule has 0 aliphatic carbocycles. The predicted octanol–water partition coefficient (Wildman–Crippen LogP) is 7.39. The number of amides is 1. The summed E-state index contributed by atoms with van der Waals surface area (Å²) in [5.74, 6) is 0. The molecule has 0 unspecified atom stereocenters. The largest absolute Gasteiger partial charge is 0.450 e. The van der Waals surface area contributed by atoms with Crippen LogP contribution in [0.5, 0.6) is 0 Å². The van der Waals surface area contributed by atoms with Crippen LogP contribution in [0.4, 0.5) is 4.79 Å². The van der Waals surface area contributed by atoms with Crippen LogP contribution in [0.25, 0.3) is 0 Å². The molecule has 1 rings (SSSR count). The molecule has 0 aliphatic heterocycles. The average molecular weight is 376 g/mol. The quantitative estimate of drug-likeness (QED) is 0.288. The molecule has 0 aromatic heterocycles. The van der Waals surface area contributed by atoms with Gasteiger partial charge in [0.15, 0.2) is 0 Å². The third-order valence-corrected chi connectivity index (χ3v) is 5.01. The second-order valence-corrected chi connectivity index (χ2v) is 7.57. The summed E-state index contributed by atoms with van der Waals surface area (Å²) in [6.07, 6.45) is 18.4. The second-order valence-electron chi connectivity index (χ2n) is 7.57. The van der Waals surface area contributed by atoms with Crippen molar-refractivity contribution in [3.8, 4) is 0 Å². The fourth-order valence-electron chi connectivity index (χ4n) is 3.28. The molecular weight excluding hydrogens is 334 g/mol. The molecule has 3 heteroatoms. The van der Waals surface area contributed by atoms with Gasteiger partial charge in [0, 0.05) is 6.54 Å². The summed E-state index contributed by atoms with van der Waals surface area (Å²) in [6, 6.07) is 9.90. The third-order valence-electron chi connectivity index (χ3n) is 5.01. The summed E-state index contributed by atoms with van der Waals surface area (Å²) in [7, 11) is 0. The number of hydrogen-bond acceptors (Lipinski definition) is 2. The highest BCUT2D eigenvalue weighted by Gasteiger charge is 2.01. The highest BCUT2D eigenvalue weighted by molar-refractivity contribution is 5.67. The number of carbonyl (C=O) groups is 1. The van der Waals surface area contributed by atoms with Gasteiger partial charge >= 0.3 is 6.09 Å². The number of unbranched alkanes of at least 4 members (excludes halogenated alkanes) is 13. The Morgan fingerprint density at radius 3 is 1.74 bits per heavy atom. The van der Waals surface area contributed by atoms with Gasteiger partial charge in [0.1, 0.15) is 0 Å². The number of ether oxygens (including phenoxy) is 1. The van der Waals surface area contributed by atoms with Crippen LogP contribution in [0, 0.1) is 0 Å². The predicted molar refractivity (Wildman–Crippen MR) is 115 cm³/mol. The maximum absolute atomic E-state index is 11.6. The first kappa shape index (κ1) is 23.5. The summed E-state index contributed by atoms with van der Waals surface area (Å²) < 4.78 is 5.22. The van der Waals surface area contributed by atoms with Gasteiger partial charge in [0.25, 0.3) is 0 Å². The van der Waals surface area contributed by atoms with Crippen molar-refractivity contribution in [2.75, 3.05) is 6.61 Å². The molecule has 154 valence electrons. The number of carbonyl (C=O) groups excluding carboxylic acids is 1. The van der Waals surface area contributed by atoms with Crippen molar-refractivity contribution in [1.29, 1.82) is 0 Å². The Kier molecular flexibility index (Phi) is 15.6. The van der Waals surface area contributed by atoms with Crippen molar-refractivity contribution in [2.24, 2.45) is 0 Å². The Hall–Kier alpha value is -1.51. The fraction of sp³-hybridized carbons (Fsp3) is 0.708. The van der Waals surface area contributed by atoms with Crippen molar-refractivity contribution in [3.63, 3.8) is 0 Å². The van der Waals surface area contributed by atoms with E-state index in [9.17, 15) is 4.79 Å². The van der Waals surface area contributed by atoms with E-state index < -0.39 is 0 Å². The van der Waals surface area contributed by atoms with Gasteiger partial charge < -0.3 is 10.1 Å². The molecule has 1 N–H and O–H groups in total. The molecule has 1 amide bonds. The van der Waals surface area contributed by atoms with E-state index in [1.54, 1.807) is 0 Å². The van der Waals surface area contributed by atoms with Crippen LogP contribution in [0.15, 0.2) is 30.3 Å². The lowest BCUT2D eigenvalue weighted by molar-refractivity contribution is 0.143. The fourth-order valence-corrected chi connectivity index (χ4v) is 3.28. The maximum atomic E-state index is 11.6. The van der Waals surface area contributed by atoms with Gasteiger partial charge in [-0.3, -0.25) is 0 Å². The summed E-state index contributed by atoms with van der Waals surface area (Å²) in [5, 5.41) is 2.79. The number of rotatable bonds is 17. The van der Waals surface area contributed by atoms with E-state index in [-0.39, 0.29) is 6.09 Å². The Bertz CT molecular complexity index is 447. The summed E-state index contributed by atoms with van der Waals surface area (Å²) in [6.45, 7) is 3.33. The molecular formula is C24H41NO2. The van der Waals surface area contributed by atoms with Gasteiger partial charge in [-0.05, 0) is 12.0 Å². The first-order chi connectivity index (χ1) is 13.3. The minimum Gasteiger partial charge on any atom is -0.450 e. The van der Waals surface area contributed by atoms with E-state index >= 15 is 0 Å². The smallest absolute Gasteiger partial charge is 0.407 e. The van der Waals surface area contributed by atoms with Crippen molar-refractivity contribution >= 4 is 6.09 Å². The molecule has 0 radical (unpaired) electrons. The molecule has 3 nitrogen and oxygen atoms in total. The molecule has 0 spiro atoms. The van der Waals surface area contributed by atoms with E-state index in [0.717, 1.165) is 18.4 Å². The minimum atomic E-state index is -0.312. The van der Waals surface area contributed by atoms with Crippen LogP contribution in [0.2, 0.25) is 0 Å². The first-order valence-corrected chi connectivity index (χ1v) is 11.3. The van der Waals surface area contributed by atoms with Gasteiger partial charge in [-0.1, -0.05) is 121 Å². The zero-order chi connectivity index (χ0) is 19.4. The van der Waals surface area contributed by atoms with Gasteiger partial charge in [0.05, 0.1) is 6.61 Å². The van der Waals surface area contributed by atoms with Crippen LogP contribution in [-0.4, -0.2) is 12.7 Å². The molecule has 27 heavy (non-hydrogen) atoms. The monoisotopic (exact) mass is 375 g/mol. The highest BCUT2D eigenvalue weighted by Crippen LogP contribution is 2.12. The molecule has 1 aromatic carbocycles. The molecule has 0 bridgehead atoms. The summed E-state index contributed by atoms with van der Waals surface area (Å²) in [4.78, 5) is 11.6. The van der Waals surface area contributed by atoms with Crippen LogP contribution >= 0.6 is 0 Å². The molecule has 0 aliphatic rings. The number of nitrogens with one attached hydrogen (secondary N) is 1. The second kappa shape index (κ2) is 17.9. The topological polar surface area (TPSA) is 38.3 Å². The minimum absolute atomic E-state index is 0.312. The SMILES string of the molecule is CCCCCCCCCCCCCCCCOC(=O)NCc1ccccc1. The lowest BCUT2D eigenvalue weighted by atomic mass is 10.0. The normalized spacial score (nSPS) is 10.7. The van der Waals surface area contributed by atoms with Crippen LogP contribution < -0.4 is 5.32 Å². The van der Waals surface area contributed by atoms with Crippen LogP contribution in [0.1, 0.15) is 102 Å². The lowest BCUT2D eigenvalue weighted by Crippen LogP contribution is -2.24. The van der Waals surface area contributed by atoms with Gasteiger partial charge in [-0.25, -0.2) is 4.79 Å². The molecule has 0 saturated heterocycles. The van der Waals surface area contributed by atoms with Crippen LogP contribution in [-0.2, 0) is 11.3 Å². The Balaban J connectivity index is 1.77. The van der Waals surface area contributed by atoms with E-state index in [4.69, 9.17) is 4.74 Å². The highest BCUT2D eigenvalue weighted by atomic mass is 16.5. The Labute approximate surface area is 167 Å².